The van der Waals surface area contributed by atoms with Crippen LogP contribution in [0.4, 0.5) is 0 Å². The summed E-state index contributed by atoms with van der Waals surface area (Å²) in [6.45, 7) is 1.93. The van der Waals surface area contributed by atoms with Crippen LogP contribution >= 0.6 is 7.14 Å². The lowest BCUT2D eigenvalue weighted by molar-refractivity contribution is -0.130. The highest BCUT2D eigenvalue weighted by Crippen LogP contribution is 2.59. The number of hydrogen-bond acceptors (Lipinski definition) is 2. The van der Waals surface area contributed by atoms with E-state index in [-0.39, 0.29) is 5.91 Å². The van der Waals surface area contributed by atoms with E-state index in [9.17, 15) is 4.79 Å². The average molecular weight is 439 g/mol. The molecule has 32 heavy (non-hydrogen) atoms. The first-order chi connectivity index (χ1) is 15.6. The van der Waals surface area contributed by atoms with E-state index in [0.717, 1.165) is 21.7 Å². The molecule has 0 fully saturated rings. The van der Waals surface area contributed by atoms with E-state index in [1.165, 1.54) is 0 Å². The zero-order chi connectivity index (χ0) is 22.4. The van der Waals surface area contributed by atoms with E-state index in [0.29, 0.717) is 6.54 Å². The molecular weight excluding hydrogens is 413 g/mol. The Kier molecular flexibility index (Phi) is 6.68. The van der Waals surface area contributed by atoms with Crippen molar-refractivity contribution in [2.24, 2.45) is 0 Å². The zero-order valence-electron chi connectivity index (χ0n) is 18.0. The van der Waals surface area contributed by atoms with Crippen molar-refractivity contribution < 1.29 is 9.36 Å². The van der Waals surface area contributed by atoms with Crippen LogP contribution < -0.4 is 10.6 Å². The number of nitrogens with zero attached hydrogens (tertiary/aromatic N) is 1. The fourth-order valence-electron chi connectivity index (χ4n) is 4.09. The lowest BCUT2D eigenvalue weighted by Crippen LogP contribution is -2.37. The Morgan fingerprint density at radius 3 is 1.53 bits per heavy atom. The normalized spacial score (nSPS) is 12.2. The van der Waals surface area contributed by atoms with Crippen LogP contribution in [0.3, 0.4) is 0 Å². The van der Waals surface area contributed by atoms with Crippen LogP contribution in [0.2, 0.25) is 0 Å². The highest BCUT2D eigenvalue weighted by molar-refractivity contribution is 7.79. The summed E-state index contributed by atoms with van der Waals surface area (Å²) in [4.78, 5) is 14.8. The third kappa shape index (κ3) is 4.44. The standard InChI is InChI=1S/C28H26NO2P/c1-23(30)29(22-24-14-6-2-7-15-24)28(25-16-8-3-9-17-25)32(31,26-18-10-4-11-19-26)27-20-12-5-13-21-27/h2-21,28H,22H2,1H3. The first-order valence-corrected chi connectivity index (χ1v) is 12.5. The first kappa shape index (κ1) is 21.8. The number of hydrogen-bond donors (Lipinski definition) is 0. The Balaban J connectivity index is 1.97. The minimum atomic E-state index is -3.30. The maximum Gasteiger partial charge on any atom is 0.220 e. The van der Waals surface area contributed by atoms with Gasteiger partial charge in [-0.05, 0) is 11.1 Å². The van der Waals surface area contributed by atoms with Crippen molar-refractivity contribution in [1.82, 2.24) is 4.90 Å². The molecule has 3 nitrogen and oxygen atoms in total. The number of rotatable bonds is 7. The molecule has 0 heterocycles. The van der Waals surface area contributed by atoms with Crippen LogP contribution in [-0.4, -0.2) is 10.8 Å². The van der Waals surface area contributed by atoms with Gasteiger partial charge in [0, 0.05) is 24.1 Å². The second-order valence-electron chi connectivity index (χ2n) is 7.75. The van der Waals surface area contributed by atoms with Gasteiger partial charge in [-0.3, -0.25) is 4.79 Å². The molecule has 0 aliphatic rings. The molecule has 0 spiro atoms. The van der Waals surface area contributed by atoms with Gasteiger partial charge in [-0.1, -0.05) is 121 Å². The topological polar surface area (TPSA) is 37.4 Å². The SMILES string of the molecule is CC(=O)N(Cc1ccccc1)C(c1ccccc1)P(=O)(c1ccccc1)c1ccccc1. The van der Waals surface area contributed by atoms with Crippen LogP contribution in [0.5, 0.6) is 0 Å². The summed E-state index contributed by atoms with van der Waals surface area (Å²) in [5.74, 6) is -0.749. The van der Waals surface area contributed by atoms with Gasteiger partial charge in [-0.25, -0.2) is 0 Å². The van der Waals surface area contributed by atoms with Gasteiger partial charge in [0.05, 0.1) is 0 Å². The molecule has 0 aliphatic carbocycles. The Hall–Kier alpha value is -3.42. The zero-order valence-corrected chi connectivity index (χ0v) is 18.9. The van der Waals surface area contributed by atoms with Gasteiger partial charge in [0.15, 0.2) is 7.14 Å². The number of amides is 1. The van der Waals surface area contributed by atoms with Crippen molar-refractivity contribution in [2.45, 2.75) is 19.3 Å². The summed E-state index contributed by atoms with van der Waals surface area (Å²) in [6, 6.07) is 38.7. The number of carbonyl (C=O) groups is 1. The van der Waals surface area contributed by atoms with Crippen LogP contribution in [-0.2, 0) is 15.9 Å². The summed E-state index contributed by atoms with van der Waals surface area (Å²) in [5.41, 5.74) is 1.85. The highest BCUT2D eigenvalue weighted by Gasteiger charge is 2.42. The highest BCUT2D eigenvalue weighted by atomic mass is 31.2. The van der Waals surface area contributed by atoms with Gasteiger partial charge in [-0.2, -0.15) is 0 Å². The smallest absolute Gasteiger partial charge is 0.220 e. The van der Waals surface area contributed by atoms with Gasteiger partial charge in [-0.15, -0.1) is 0 Å². The Morgan fingerprint density at radius 2 is 1.09 bits per heavy atom. The molecule has 4 aromatic rings. The van der Waals surface area contributed by atoms with Crippen molar-refractivity contribution in [1.29, 1.82) is 0 Å². The van der Waals surface area contributed by atoms with Crippen molar-refractivity contribution in [3.63, 3.8) is 0 Å². The lowest BCUT2D eigenvalue weighted by Gasteiger charge is -2.37. The molecule has 1 atom stereocenters. The number of benzene rings is 4. The number of carbonyl (C=O) groups excluding carboxylic acids is 1. The van der Waals surface area contributed by atoms with Gasteiger partial charge in [0.25, 0.3) is 0 Å². The molecule has 0 N–H and O–H groups in total. The minimum Gasteiger partial charge on any atom is -0.324 e. The fraction of sp³-hybridized carbons (Fsp3) is 0.107. The van der Waals surface area contributed by atoms with Crippen molar-refractivity contribution >= 4 is 23.7 Å². The summed E-state index contributed by atoms with van der Waals surface area (Å²) in [6.07, 6.45) is 0. The third-order valence-corrected chi connectivity index (χ3v) is 9.01. The van der Waals surface area contributed by atoms with Crippen LogP contribution in [0.25, 0.3) is 0 Å². The second-order valence-corrected chi connectivity index (χ2v) is 10.6. The van der Waals surface area contributed by atoms with Crippen molar-refractivity contribution in [3.05, 3.63) is 132 Å². The Bertz CT molecular complexity index is 1150. The summed E-state index contributed by atoms with van der Waals surface area (Å²) in [7, 11) is -3.30. The molecule has 1 amide bonds. The van der Waals surface area contributed by atoms with Crippen LogP contribution in [0.15, 0.2) is 121 Å². The molecule has 0 radical (unpaired) electrons. The van der Waals surface area contributed by atoms with Gasteiger partial charge >= 0.3 is 0 Å². The molecule has 0 saturated heterocycles. The molecule has 4 rings (SSSR count). The molecule has 0 bridgehead atoms. The van der Waals surface area contributed by atoms with E-state index in [4.69, 9.17) is 0 Å². The molecular formula is C28H26NO2P. The van der Waals surface area contributed by atoms with E-state index in [2.05, 4.69) is 0 Å². The average Bonchev–Trinajstić information content (AvgIpc) is 2.86. The van der Waals surface area contributed by atoms with Crippen molar-refractivity contribution in [2.75, 3.05) is 0 Å². The quantitative estimate of drug-likeness (QED) is 0.344. The van der Waals surface area contributed by atoms with E-state index in [1.807, 2.05) is 121 Å². The molecule has 1 unspecified atom stereocenters. The molecule has 160 valence electrons. The maximum absolute atomic E-state index is 15.3. The molecule has 4 aromatic carbocycles. The summed E-state index contributed by atoms with van der Waals surface area (Å²) < 4.78 is 15.3. The van der Waals surface area contributed by atoms with Gasteiger partial charge in [0.2, 0.25) is 5.91 Å². The third-order valence-electron chi connectivity index (χ3n) is 5.62. The Labute approximate surface area is 189 Å². The Morgan fingerprint density at radius 1 is 0.688 bits per heavy atom. The predicted molar refractivity (Wildman–Crippen MR) is 132 cm³/mol. The second kappa shape index (κ2) is 9.80. The monoisotopic (exact) mass is 439 g/mol. The first-order valence-electron chi connectivity index (χ1n) is 10.7. The lowest BCUT2D eigenvalue weighted by atomic mass is 10.1. The molecule has 0 aliphatic heterocycles. The van der Waals surface area contributed by atoms with Crippen molar-refractivity contribution in [3.8, 4) is 0 Å². The molecule has 4 heteroatoms. The van der Waals surface area contributed by atoms with E-state index >= 15 is 4.57 Å². The fourth-order valence-corrected chi connectivity index (χ4v) is 7.41. The summed E-state index contributed by atoms with van der Waals surface area (Å²) in [5, 5.41) is 1.47. The predicted octanol–water partition coefficient (Wildman–Crippen LogP) is 5.75. The van der Waals surface area contributed by atoms with Crippen LogP contribution in [0, 0.1) is 0 Å². The maximum atomic E-state index is 15.3. The minimum absolute atomic E-state index is 0.116. The summed E-state index contributed by atoms with van der Waals surface area (Å²) >= 11 is 0. The van der Waals surface area contributed by atoms with E-state index < -0.39 is 12.9 Å². The van der Waals surface area contributed by atoms with Gasteiger partial charge < -0.3 is 9.46 Å². The molecule has 0 aromatic heterocycles. The largest absolute Gasteiger partial charge is 0.324 e. The van der Waals surface area contributed by atoms with Gasteiger partial charge in [0.1, 0.15) is 5.78 Å². The van der Waals surface area contributed by atoms with Crippen LogP contribution in [0.1, 0.15) is 23.8 Å². The molecule has 0 saturated carbocycles. The van der Waals surface area contributed by atoms with E-state index in [1.54, 1.807) is 11.8 Å².